The van der Waals surface area contributed by atoms with Crippen molar-refractivity contribution in [3.8, 4) is 0 Å². The highest BCUT2D eigenvalue weighted by Gasteiger charge is 2.38. The van der Waals surface area contributed by atoms with Gasteiger partial charge in [0.2, 0.25) is 5.92 Å². The Hall–Kier alpha value is -0.510. The molecule has 1 unspecified atom stereocenters. The second kappa shape index (κ2) is 5.71. The van der Waals surface area contributed by atoms with E-state index in [4.69, 9.17) is 4.74 Å². The maximum absolute atomic E-state index is 12.9. The molecule has 1 saturated carbocycles. The van der Waals surface area contributed by atoms with Crippen LogP contribution in [0.3, 0.4) is 0 Å². The third kappa shape index (κ3) is 3.81. The number of hydrogen-bond donors (Lipinski definition) is 0. The van der Waals surface area contributed by atoms with Gasteiger partial charge in [0.1, 0.15) is 5.78 Å². The molecule has 16 heavy (non-hydrogen) atoms. The fourth-order valence-electron chi connectivity index (χ4n) is 2.16. The minimum atomic E-state index is -2.55. The van der Waals surface area contributed by atoms with E-state index >= 15 is 0 Å². The van der Waals surface area contributed by atoms with Crippen LogP contribution in [-0.4, -0.2) is 25.4 Å². The normalized spacial score (nSPS) is 23.0. The molecule has 1 fully saturated rings. The van der Waals surface area contributed by atoms with Crippen molar-refractivity contribution in [1.29, 1.82) is 0 Å². The Balaban J connectivity index is 2.38. The van der Waals surface area contributed by atoms with Crippen LogP contribution in [-0.2, 0) is 9.53 Å². The first-order valence-corrected chi connectivity index (χ1v) is 5.87. The van der Waals surface area contributed by atoms with E-state index in [0.29, 0.717) is 25.9 Å². The quantitative estimate of drug-likeness (QED) is 0.730. The lowest BCUT2D eigenvalue weighted by atomic mass is 9.80. The largest absolute Gasteiger partial charge is 0.385 e. The van der Waals surface area contributed by atoms with Crippen molar-refractivity contribution >= 4 is 5.78 Å². The maximum Gasteiger partial charge on any atom is 0.248 e. The van der Waals surface area contributed by atoms with E-state index in [2.05, 4.69) is 0 Å². The lowest BCUT2D eigenvalue weighted by Crippen LogP contribution is -2.31. The van der Waals surface area contributed by atoms with Gasteiger partial charge in [-0.15, -0.1) is 0 Å². The van der Waals surface area contributed by atoms with Crippen molar-refractivity contribution in [1.82, 2.24) is 0 Å². The average molecular weight is 234 g/mol. The number of methoxy groups -OCH3 is 1. The molecule has 1 atom stereocenters. The Morgan fingerprint density at radius 3 is 2.50 bits per heavy atom. The van der Waals surface area contributed by atoms with Crippen molar-refractivity contribution in [3.63, 3.8) is 0 Å². The summed E-state index contributed by atoms with van der Waals surface area (Å²) in [6, 6.07) is 0. The summed E-state index contributed by atoms with van der Waals surface area (Å²) in [7, 11) is 1.60. The number of halogens is 2. The Kier molecular flexibility index (Phi) is 4.84. The predicted octanol–water partition coefficient (Wildman–Crippen LogP) is 3.05. The Morgan fingerprint density at radius 1 is 1.44 bits per heavy atom. The Bertz CT molecular complexity index is 231. The molecule has 0 aromatic heterocycles. The van der Waals surface area contributed by atoms with Gasteiger partial charge in [-0.1, -0.05) is 6.92 Å². The molecule has 0 amide bonds. The van der Waals surface area contributed by atoms with E-state index in [0.717, 1.165) is 0 Å². The topological polar surface area (TPSA) is 26.3 Å². The van der Waals surface area contributed by atoms with Gasteiger partial charge in [-0.05, 0) is 19.3 Å². The third-order valence-electron chi connectivity index (χ3n) is 3.36. The van der Waals surface area contributed by atoms with Crippen molar-refractivity contribution in [3.05, 3.63) is 0 Å². The summed E-state index contributed by atoms with van der Waals surface area (Å²) >= 11 is 0. The van der Waals surface area contributed by atoms with Crippen LogP contribution in [0.1, 0.15) is 39.0 Å². The van der Waals surface area contributed by atoms with Crippen LogP contribution in [0, 0.1) is 11.8 Å². The first-order chi connectivity index (χ1) is 7.46. The monoisotopic (exact) mass is 234 g/mol. The van der Waals surface area contributed by atoms with E-state index in [1.807, 2.05) is 6.92 Å². The molecular formula is C12H20F2O2. The molecule has 2 nitrogen and oxygen atoms in total. The highest BCUT2D eigenvalue weighted by atomic mass is 19.3. The van der Waals surface area contributed by atoms with E-state index in [9.17, 15) is 13.6 Å². The first kappa shape index (κ1) is 13.6. The average Bonchev–Trinajstić information content (AvgIpc) is 2.25. The fraction of sp³-hybridized carbons (Fsp3) is 0.917. The predicted molar refractivity (Wildman–Crippen MR) is 57.6 cm³/mol. The van der Waals surface area contributed by atoms with Gasteiger partial charge in [0.25, 0.3) is 0 Å². The molecule has 1 aliphatic rings. The van der Waals surface area contributed by atoms with Crippen molar-refractivity contribution in [2.75, 3.05) is 13.7 Å². The second-order valence-corrected chi connectivity index (χ2v) is 4.72. The van der Waals surface area contributed by atoms with Crippen molar-refractivity contribution in [2.24, 2.45) is 11.8 Å². The molecule has 0 bridgehead atoms. The summed E-state index contributed by atoms with van der Waals surface area (Å²) in [4.78, 5) is 11.9. The molecule has 0 saturated heterocycles. The maximum atomic E-state index is 12.9. The van der Waals surface area contributed by atoms with Gasteiger partial charge < -0.3 is 4.74 Å². The second-order valence-electron chi connectivity index (χ2n) is 4.72. The lowest BCUT2D eigenvalue weighted by Gasteiger charge is -2.28. The molecule has 1 rings (SSSR count). The number of rotatable bonds is 5. The molecule has 1 aliphatic carbocycles. The summed E-state index contributed by atoms with van der Waals surface area (Å²) < 4.78 is 30.7. The van der Waals surface area contributed by atoms with Crippen LogP contribution in [0.5, 0.6) is 0 Å². The number of Topliss-reactive ketones (excluding diaryl/α,β-unsaturated/α-hetero) is 1. The first-order valence-electron chi connectivity index (χ1n) is 5.87. The Morgan fingerprint density at radius 2 is 2.00 bits per heavy atom. The molecular weight excluding hydrogens is 214 g/mol. The molecule has 4 heteroatoms. The Labute approximate surface area is 95.4 Å². The highest BCUT2D eigenvalue weighted by Crippen LogP contribution is 2.37. The summed E-state index contributed by atoms with van der Waals surface area (Å²) in [5.41, 5.74) is 0. The molecule has 0 aliphatic heterocycles. The number of hydrogen-bond acceptors (Lipinski definition) is 2. The zero-order valence-corrected chi connectivity index (χ0v) is 9.97. The van der Waals surface area contributed by atoms with Crippen LogP contribution >= 0.6 is 0 Å². The standard InChI is InChI=1S/C12H20F2O2/c1-9(5-8-16-2)11(15)10-3-6-12(13,14)7-4-10/h9-10H,3-8H2,1-2H3. The summed E-state index contributed by atoms with van der Waals surface area (Å²) in [6.45, 7) is 2.41. The molecule has 0 N–H and O–H groups in total. The van der Waals surface area contributed by atoms with Crippen LogP contribution in [0.25, 0.3) is 0 Å². The van der Waals surface area contributed by atoms with Gasteiger partial charge in [-0.25, -0.2) is 8.78 Å². The molecule has 94 valence electrons. The summed E-state index contributed by atoms with van der Waals surface area (Å²) in [5, 5.41) is 0. The number of carbonyl (C=O) groups is 1. The highest BCUT2D eigenvalue weighted by molar-refractivity contribution is 5.83. The summed E-state index contributed by atoms with van der Waals surface area (Å²) in [6.07, 6.45) is 1.08. The number of alkyl halides is 2. The van der Waals surface area contributed by atoms with Crippen molar-refractivity contribution in [2.45, 2.75) is 45.0 Å². The number of carbonyl (C=O) groups excluding carboxylic acids is 1. The van der Waals surface area contributed by atoms with Gasteiger partial charge in [0, 0.05) is 38.4 Å². The van der Waals surface area contributed by atoms with Gasteiger partial charge >= 0.3 is 0 Å². The lowest BCUT2D eigenvalue weighted by molar-refractivity contribution is -0.131. The van der Waals surface area contributed by atoms with Crippen LogP contribution in [0.2, 0.25) is 0 Å². The van der Waals surface area contributed by atoms with Crippen LogP contribution in [0.4, 0.5) is 8.78 Å². The number of ether oxygens (including phenoxy) is 1. The minimum absolute atomic E-state index is 0.0725. The SMILES string of the molecule is COCCC(C)C(=O)C1CCC(F)(F)CC1. The zero-order valence-electron chi connectivity index (χ0n) is 9.97. The third-order valence-corrected chi connectivity index (χ3v) is 3.36. The van der Waals surface area contributed by atoms with Crippen LogP contribution in [0.15, 0.2) is 0 Å². The van der Waals surface area contributed by atoms with Crippen LogP contribution < -0.4 is 0 Å². The molecule has 0 aromatic rings. The smallest absolute Gasteiger partial charge is 0.248 e. The van der Waals surface area contributed by atoms with Gasteiger partial charge in [0.05, 0.1) is 0 Å². The van der Waals surface area contributed by atoms with E-state index in [1.165, 1.54) is 0 Å². The molecule has 0 spiro atoms. The van der Waals surface area contributed by atoms with E-state index in [1.54, 1.807) is 7.11 Å². The number of ketones is 1. The van der Waals surface area contributed by atoms with E-state index < -0.39 is 5.92 Å². The van der Waals surface area contributed by atoms with E-state index in [-0.39, 0.29) is 30.5 Å². The zero-order chi connectivity index (χ0) is 12.2. The van der Waals surface area contributed by atoms with Gasteiger partial charge in [-0.3, -0.25) is 4.79 Å². The molecule has 0 aromatic carbocycles. The fourth-order valence-corrected chi connectivity index (χ4v) is 2.16. The van der Waals surface area contributed by atoms with Crippen molar-refractivity contribution < 1.29 is 18.3 Å². The van der Waals surface area contributed by atoms with Gasteiger partial charge in [0.15, 0.2) is 0 Å². The minimum Gasteiger partial charge on any atom is -0.385 e. The summed E-state index contributed by atoms with van der Waals surface area (Å²) in [5.74, 6) is -2.65. The molecule has 0 radical (unpaired) electrons. The molecule has 0 heterocycles. The van der Waals surface area contributed by atoms with Gasteiger partial charge in [-0.2, -0.15) is 0 Å².